The van der Waals surface area contributed by atoms with Gasteiger partial charge in [0, 0.05) is 26.3 Å². The van der Waals surface area contributed by atoms with Gasteiger partial charge < -0.3 is 14.2 Å². The Kier molecular flexibility index (Phi) is 4.40. The van der Waals surface area contributed by atoms with Gasteiger partial charge in [-0.2, -0.15) is 0 Å². The van der Waals surface area contributed by atoms with Crippen molar-refractivity contribution in [3.8, 4) is 5.88 Å². The van der Waals surface area contributed by atoms with Crippen LogP contribution in [0.2, 0.25) is 5.02 Å². The average molecular weight is 359 g/mol. The summed E-state index contributed by atoms with van der Waals surface area (Å²) in [5.74, 6) is 1.91. The molecule has 130 valence electrons. The van der Waals surface area contributed by atoms with Crippen LogP contribution in [-0.2, 0) is 7.05 Å². The number of aryl methyl sites for hydroxylation is 1. The van der Waals surface area contributed by atoms with Crippen molar-refractivity contribution >= 4 is 28.6 Å². The summed E-state index contributed by atoms with van der Waals surface area (Å²) in [5.41, 5.74) is 1.72. The zero-order valence-corrected chi connectivity index (χ0v) is 14.7. The number of ether oxygens (including phenoxy) is 1. The van der Waals surface area contributed by atoms with Crippen molar-refractivity contribution in [1.82, 2.24) is 24.5 Å². The highest BCUT2D eigenvalue weighted by Gasteiger charge is 2.23. The molecule has 0 radical (unpaired) electrons. The number of fused-ring (bicyclic) bond motifs is 1. The van der Waals surface area contributed by atoms with Gasteiger partial charge in [-0.3, -0.25) is 0 Å². The van der Waals surface area contributed by atoms with Gasteiger partial charge in [-0.1, -0.05) is 11.6 Å². The highest BCUT2D eigenvalue weighted by Crippen LogP contribution is 2.27. The van der Waals surface area contributed by atoms with E-state index >= 15 is 0 Å². The van der Waals surface area contributed by atoms with E-state index in [1.54, 1.807) is 31.0 Å². The Balaban J connectivity index is 1.39. The molecular formula is C17H19ClN6O. The Hall–Kier alpha value is -2.41. The minimum Gasteiger partial charge on any atom is -0.476 e. The second-order valence-electron chi connectivity index (χ2n) is 6.26. The van der Waals surface area contributed by atoms with Crippen molar-refractivity contribution in [2.24, 2.45) is 13.0 Å². The van der Waals surface area contributed by atoms with Crippen LogP contribution in [0, 0.1) is 5.92 Å². The van der Waals surface area contributed by atoms with Gasteiger partial charge in [0.15, 0.2) is 17.0 Å². The van der Waals surface area contributed by atoms with Crippen LogP contribution >= 0.6 is 11.6 Å². The predicted octanol–water partition coefficient (Wildman–Crippen LogP) is 2.71. The van der Waals surface area contributed by atoms with Gasteiger partial charge in [0.1, 0.15) is 11.3 Å². The molecule has 7 nitrogen and oxygen atoms in total. The Bertz CT molecular complexity index is 874. The number of halogens is 1. The summed E-state index contributed by atoms with van der Waals surface area (Å²) < 4.78 is 7.70. The lowest BCUT2D eigenvalue weighted by molar-refractivity contribution is 0.216. The number of anilines is 1. The van der Waals surface area contributed by atoms with Crippen LogP contribution in [0.25, 0.3) is 11.2 Å². The molecule has 25 heavy (non-hydrogen) atoms. The summed E-state index contributed by atoms with van der Waals surface area (Å²) >= 11 is 6.08. The first kappa shape index (κ1) is 16.1. The van der Waals surface area contributed by atoms with E-state index in [9.17, 15) is 0 Å². The number of rotatable bonds is 4. The Morgan fingerprint density at radius 3 is 2.84 bits per heavy atom. The van der Waals surface area contributed by atoms with Crippen LogP contribution in [0.15, 0.2) is 31.0 Å². The maximum atomic E-state index is 6.08. The molecule has 0 N–H and O–H groups in total. The largest absolute Gasteiger partial charge is 0.476 e. The molecule has 3 aromatic heterocycles. The second-order valence-corrected chi connectivity index (χ2v) is 6.66. The molecule has 1 saturated heterocycles. The van der Waals surface area contributed by atoms with Crippen LogP contribution in [0.1, 0.15) is 12.8 Å². The van der Waals surface area contributed by atoms with Crippen LogP contribution in [0.5, 0.6) is 5.88 Å². The molecule has 0 saturated carbocycles. The summed E-state index contributed by atoms with van der Waals surface area (Å²) in [7, 11) is 1.94. The SMILES string of the molecule is Cn1cnc2c(N3CCC(COc4ncccc4Cl)CC3)ncnc21. The molecule has 4 heterocycles. The molecule has 4 rings (SSSR count). The Labute approximate surface area is 150 Å². The molecule has 0 aliphatic carbocycles. The number of hydrogen-bond donors (Lipinski definition) is 0. The maximum absolute atomic E-state index is 6.08. The fourth-order valence-electron chi connectivity index (χ4n) is 3.15. The van der Waals surface area contributed by atoms with E-state index in [2.05, 4.69) is 24.8 Å². The van der Waals surface area contributed by atoms with Crippen LogP contribution in [0.3, 0.4) is 0 Å². The minimum atomic E-state index is 0.482. The summed E-state index contributed by atoms with van der Waals surface area (Å²) in [6.07, 6.45) is 7.14. The van der Waals surface area contributed by atoms with E-state index in [-0.39, 0.29) is 0 Å². The number of pyridine rings is 1. The number of aromatic nitrogens is 5. The van der Waals surface area contributed by atoms with Gasteiger partial charge in [0.25, 0.3) is 0 Å². The molecule has 1 fully saturated rings. The molecule has 0 bridgehead atoms. The number of nitrogens with zero attached hydrogens (tertiary/aromatic N) is 6. The normalized spacial score (nSPS) is 15.7. The van der Waals surface area contributed by atoms with Crippen molar-refractivity contribution in [1.29, 1.82) is 0 Å². The predicted molar refractivity (Wildman–Crippen MR) is 96.0 cm³/mol. The molecule has 0 unspecified atom stereocenters. The quantitative estimate of drug-likeness (QED) is 0.714. The first-order valence-corrected chi connectivity index (χ1v) is 8.70. The fraction of sp³-hybridized carbons (Fsp3) is 0.412. The number of hydrogen-bond acceptors (Lipinski definition) is 6. The fourth-order valence-corrected chi connectivity index (χ4v) is 3.33. The third-order valence-corrected chi connectivity index (χ3v) is 4.86. The van der Waals surface area contributed by atoms with E-state index in [1.807, 2.05) is 11.6 Å². The minimum absolute atomic E-state index is 0.482. The number of imidazole rings is 1. The zero-order chi connectivity index (χ0) is 17.2. The van der Waals surface area contributed by atoms with E-state index in [4.69, 9.17) is 16.3 Å². The van der Waals surface area contributed by atoms with Crippen LogP contribution < -0.4 is 9.64 Å². The Morgan fingerprint density at radius 2 is 2.04 bits per heavy atom. The van der Waals surface area contributed by atoms with Crippen molar-refractivity contribution in [2.45, 2.75) is 12.8 Å². The molecule has 8 heteroatoms. The smallest absolute Gasteiger partial charge is 0.232 e. The lowest BCUT2D eigenvalue weighted by Crippen LogP contribution is -2.36. The van der Waals surface area contributed by atoms with Gasteiger partial charge >= 0.3 is 0 Å². The van der Waals surface area contributed by atoms with Crippen molar-refractivity contribution in [2.75, 3.05) is 24.6 Å². The van der Waals surface area contributed by atoms with Crippen LogP contribution in [-0.4, -0.2) is 44.2 Å². The lowest BCUT2D eigenvalue weighted by Gasteiger charge is -2.32. The summed E-state index contributed by atoms with van der Waals surface area (Å²) in [4.78, 5) is 19.7. The highest BCUT2D eigenvalue weighted by atomic mass is 35.5. The summed E-state index contributed by atoms with van der Waals surface area (Å²) in [6.45, 7) is 2.48. The summed E-state index contributed by atoms with van der Waals surface area (Å²) in [5, 5.41) is 0.554. The molecule has 0 aromatic carbocycles. The van der Waals surface area contributed by atoms with E-state index in [1.165, 1.54) is 0 Å². The average Bonchev–Trinajstić information content (AvgIpc) is 3.03. The van der Waals surface area contributed by atoms with E-state index in [0.29, 0.717) is 23.4 Å². The maximum Gasteiger partial charge on any atom is 0.232 e. The standard InChI is InChI=1S/C17H19ClN6O/c1-23-11-22-14-15(23)20-10-21-16(14)24-7-4-12(5-8-24)9-25-17-13(18)3-2-6-19-17/h2-3,6,10-12H,4-5,7-9H2,1H3. The van der Waals surface area contributed by atoms with Gasteiger partial charge in [-0.25, -0.2) is 19.9 Å². The third kappa shape index (κ3) is 3.24. The van der Waals surface area contributed by atoms with Gasteiger partial charge in [-0.15, -0.1) is 0 Å². The van der Waals surface area contributed by atoms with Gasteiger partial charge in [0.05, 0.1) is 12.9 Å². The van der Waals surface area contributed by atoms with E-state index < -0.39 is 0 Å². The monoisotopic (exact) mass is 358 g/mol. The highest BCUT2D eigenvalue weighted by molar-refractivity contribution is 6.31. The van der Waals surface area contributed by atoms with Crippen LogP contribution in [0.4, 0.5) is 5.82 Å². The molecule has 0 atom stereocenters. The van der Waals surface area contributed by atoms with E-state index in [0.717, 1.165) is 42.9 Å². The third-order valence-electron chi connectivity index (χ3n) is 4.57. The van der Waals surface area contributed by atoms with Crippen molar-refractivity contribution < 1.29 is 4.74 Å². The molecule has 0 spiro atoms. The number of piperidine rings is 1. The zero-order valence-electron chi connectivity index (χ0n) is 14.0. The topological polar surface area (TPSA) is 69.0 Å². The molecule has 1 aliphatic heterocycles. The first-order valence-electron chi connectivity index (χ1n) is 8.32. The van der Waals surface area contributed by atoms with Gasteiger partial charge in [0.2, 0.25) is 5.88 Å². The molecular weight excluding hydrogens is 340 g/mol. The first-order chi connectivity index (χ1) is 12.2. The Morgan fingerprint density at radius 1 is 1.20 bits per heavy atom. The molecule has 0 amide bonds. The molecule has 1 aliphatic rings. The lowest BCUT2D eigenvalue weighted by atomic mass is 9.98. The van der Waals surface area contributed by atoms with Crippen molar-refractivity contribution in [3.63, 3.8) is 0 Å². The van der Waals surface area contributed by atoms with Crippen molar-refractivity contribution in [3.05, 3.63) is 36.0 Å². The summed E-state index contributed by atoms with van der Waals surface area (Å²) in [6, 6.07) is 3.59. The molecule has 3 aromatic rings. The van der Waals surface area contributed by atoms with Gasteiger partial charge in [-0.05, 0) is 30.9 Å². The second kappa shape index (κ2) is 6.84.